The molecule has 0 saturated carbocycles. The van der Waals surface area contributed by atoms with E-state index in [-0.39, 0.29) is 11.5 Å². The highest BCUT2D eigenvalue weighted by atomic mass is 16.3. The largest absolute Gasteiger partial charge is 0.461 e. The van der Waals surface area contributed by atoms with E-state index < -0.39 is 23.3 Å². The molecule has 0 atom stereocenters. The lowest BCUT2D eigenvalue weighted by Crippen LogP contribution is -2.30. The van der Waals surface area contributed by atoms with Crippen molar-refractivity contribution in [1.82, 2.24) is 0 Å². The van der Waals surface area contributed by atoms with Gasteiger partial charge in [0.25, 0.3) is 0 Å². The zero-order valence-corrected chi connectivity index (χ0v) is 9.58. The van der Waals surface area contributed by atoms with Crippen molar-refractivity contribution in [2.45, 2.75) is 6.92 Å². The fourth-order valence-electron chi connectivity index (χ4n) is 1.61. The number of rotatable bonds is 5. The van der Waals surface area contributed by atoms with E-state index in [0.29, 0.717) is 0 Å². The molecule has 0 aliphatic carbocycles. The van der Waals surface area contributed by atoms with E-state index in [1.165, 1.54) is 43.7 Å². The van der Waals surface area contributed by atoms with Crippen LogP contribution in [0.15, 0.2) is 45.6 Å². The summed E-state index contributed by atoms with van der Waals surface area (Å²) in [5, 5.41) is 0. The zero-order chi connectivity index (χ0) is 13.1. The Labute approximate surface area is 102 Å². The van der Waals surface area contributed by atoms with E-state index in [1.54, 1.807) is 0 Å². The first-order valence-electron chi connectivity index (χ1n) is 5.27. The molecular formula is C13H10O5. The summed E-state index contributed by atoms with van der Waals surface area (Å²) < 4.78 is 9.82. The van der Waals surface area contributed by atoms with Crippen molar-refractivity contribution in [3.05, 3.63) is 48.3 Å². The molecule has 0 saturated heterocycles. The van der Waals surface area contributed by atoms with Gasteiger partial charge in [0, 0.05) is 0 Å². The molecule has 0 aliphatic heterocycles. The monoisotopic (exact) mass is 246 g/mol. The van der Waals surface area contributed by atoms with Gasteiger partial charge in [0.05, 0.1) is 12.5 Å². The summed E-state index contributed by atoms with van der Waals surface area (Å²) in [6.07, 6.45) is 2.61. The Bertz CT molecular complexity index is 516. The lowest BCUT2D eigenvalue weighted by Gasteiger charge is -2.07. The lowest BCUT2D eigenvalue weighted by molar-refractivity contribution is -0.118. The Morgan fingerprint density at radius 1 is 0.944 bits per heavy atom. The van der Waals surface area contributed by atoms with Crippen molar-refractivity contribution in [3.8, 4) is 0 Å². The van der Waals surface area contributed by atoms with Crippen LogP contribution in [0.5, 0.6) is 0 Å². The molecule has 0 aliphatic rings. The highest BCUT2D eigenvalue weighted by Gasteiger charge is 2.35. The highest BCUT2D eigenvalue weighted by Crippen LogP contribution is 2.17. The van der Waals surface area contributed by atoms with Gasteiger partial charge in [-0.15, -0.1) is 0 Å². The van der Waals surface area contributed by atoms with Crippen molar-refractivity contribution in [1.29, 1.82) is 0 Å². The van der Waals surface area contributed by atoms with E-state index in [1.807, 2.05) is 0 Å². The molecule has 0 bridgehead atoms. The van der Waals surface area contributed by atoms with Gasteiger partial charge in [-0.25, -0.2) is 0 Å². The van der Waals surface area contributed by atoms with Crippen molar-refractivity contribution in [2.75, 3.05) is 0 Å². The average Bonchev–Trinajstić information content (AvgIpc) is 3.02. The average molecular weight is 246 g/mol. The molecule has 0 unspecified atom stereocenters. The Morgan fingerprint density at radius 2 is 1.39 bits per heavy atom. The van der Waals surface area contributed by atoms with Gasteiger partial charge < -0.3 is 8.83 Å². The molecular weight excluding hydrogens is 236 g/mol. The second-order valence-electron chi connectivity index (χ2n) is 3.73. The standard InChI is InChI=1S/C13H10O5/c1-8(14)11(12(15)9-4-2-6-17-9)13(16)10-5-3-7-18-10/h2-7,11H,1H3. The Morgan fingerprint density at radius 3 is 1.67 bits per heavy atom. The van der Waals surface area contributed by atoms with Gasteiger partial charge in [-0.3, -0.25) is 14.4 Å². The van der Waals surface area contributed by atoms with Crippen LogP contribution < -0.4 is 0 Å². The number of furan rings is 2. The third-order valence-corrected chi connectivity index (χ3v) is 2.46. The first-order chi connectivity index (χ1) is 8.61. The minimum Gasteiger partial charge on any atom is -0.461 e. The topological polar surface area (TPSA) is 77.5 Å². The molecule has 2 rings (SSSR count). The van der Waals surface area contributed by atoms with E-state index in [0.717, 1.165) is 0 Å². The van der Waals surface area contributed by atoms with Gasteiger partial charge >= 0.3 is 0 Å². The molecule has 0 radical (unpaired) electrons. The van der Waals surface area contributed by atoms with Gasteiger partial charge in [-0.05, 0) is 31.2 Å². The van der Waals surface area contributed by atoms with Gasteiger partial charge in [0.1, 0.15) is 5.78 Å². The predicted octanol–water partition coefficient (Wildman–Crippen LogP) is 2.14. The molecule has 0 amide bonds. The number of Topliss-reactive ketones (excluding diaryl/α,β-unsaturated/α-hetero) is 3. The quantitative estimate of drug-likeness (QED) is 0.596. The number of carbonyl (C=O) groups excluding carboxylic acids is 3. The summed E-state index contributed by atoms with van der Waals surface area (Å²) in [5.41, 5.74) is 0. The summed E-state index contributed by atoms with van der Waals surface area (Å²) in [6, 6.07) is 5.85. The third kappa shape index (κ3) is 2.15. The molecule has 2 aromatic heterocycles. The molecule has 0 spiro atoms. The van der Waals surface area contributed by atoms with E-state index in [2.05, 4.69) is 0 Å². The van der Waals surface area contributed by atoms with Gasteiger partial charge in [0.2, 0.25) is 11.6 Å². The van der Waals surface area contributed by atoms with E-state index in [4.69, 9.17) is 8.83 Å². The molecule has 0 fully saturated rings. The van der Waals surface area contributed by atoms with Crippen molar-refractivity contribution >= 4 is 17.3 Å². The van der Waals surface area contributed by atoms with E-state index >= 15 is 0 Å². The van der Waals surface area contributed by atoms with Crippen molar-refractivity contribution in [3.63, 3.8) is 0 Å². The Kier molecular flexibility index (Phi) is 3.23. The smallest absolute Gasteiger partial charge is 0.216 e. The predicted molar refractivity (Wildman–Crippen MR) is 60.2 cm³/mol. The maximum absolute atomic E-state index is 12.0. The minimum atomic E-state index is -1.41. The summed E-state index contributed by atoms with van der Waals surface area (Å²) in [4.78, 5) is 35.5. The fraction of sp³-hybridized carbons (Fsp3) is 0.154. The molecule has 5 nitrogen and oxygen atoms in total. The Balaban J connectivity index is 2.32. The third-order valence-electron chi connectivity index (χ3n) is 2.46. The number of ketones is 3. The van der Waals surface area contributed by atoms with Crippen LogP contribution in [0.25, 0.3) is 0 Å². The second-order valence-corrected chi connectivity index (χ2v) is 3.73. The fourth-order valence-corrected chi connectivity index (χ4v) is 1.61. The summed E-state index contributed by atoms with van der Waals surface area (Å²) in [6.45, 7) is 1.19. The lowest BCUT2D eigenvalue weighted by atomic mass is 9.92. The highest BCUT2D eigenvalue weighted by molar-refractivity contribution is 6.26. The molecule has 2 heterocycles. The first kappa shape index (κ1) is 12.0. The van der Waals surface area contributed by atoms with Crippen molar-refractivity contribution < 1.29 is 23.2 Å². The molecule has 0 N–H and O–H groups in total. The summed E-state index contributed by atoms with van der Waals surface area (Å²) in [7, 11) is 0. The first-order valence-corrected chi connectivity index (χ1v) is 5.27. The van der Waals surface area contributed by atoms with Crippen LogP contribution >= 0.6 is 0 Å². The normalized spacial score (nSPS) is 10.6. The van der Waals surface area contributed by atoms with Crippen LogP contribution in [0.4, 0.5) is 0 Å². The maximum atomic E-state index is 12.0. The minimum absolute atomic E-state index is 0.0184. The van der Waals surface area contributed by atoms with Crippen LogP contribution in [-0.2, 0) is 4.79 Å². The maximum Gasteiger partial charge on any atom is 0.216 e. The summed E-state index contributed by atoms with van der Waals surface area (Å²) >= 11 is 0. The molecule has 2 aromatic rings. The van der Waals surface area contributed by atoms with Gasteiger partial charge in [0.15, 0.2) is 17.4 Å². The zero-order valence-electron chi connectivity index (χ0n) is 9.58. The SMILES string of the molecule is CC(=O)C(C(=O)c1ccco1)C(=O)c1ccco1. The van der Waals surface area contributed by atoms with E-state index in [9.17, 15) is 14.4 Å². The summed E-state index contributed by atoms with van der Waals surface area (Å²) in [5.74, 6) is -3.31. The van der Waals surface area contributed by atoms with Crippen molar-refractivity contribution in [2.24, 2.45) is 5.92 Å². The number of carbonyl (C=O) groups is 3. The van der Waals surface area contributed by atoms with Crippen LogP contribution in [0, 0.1) is 5.92 Å². The number of hydrogen-bond acceptors (Lipinski definition) is 5. The van der Waals surface area contributed by atoms with Gasteiger partial charge in [-0.1, -0.05) is 0 Å². The molecule has 0 aromatic carbocycles. The van der Waals surface area contributed by atoms with Crippen LogP contribution in [-0.4, -0.2) is 17.3 Å². The van der Waals surface area contributed by atoms with Crippen LogP contribution in [0.3, 0.4) is 0 Å². The second kappa shape index (κ2) is 4.83. The Hall–Kier alpha value is -2.43. The van der Waals surface area contributed by atoms with Gasteiger partial charge in [-0.2, -0.15) is 0 Å². The molecule has 18 heavy (non-hydrogen) atoms. The number of hydrogen-bond donors (Lipinski definition) is 0. The molecule has 92 valence electrons. The van der Waals surface area contributed by atoms with Crippen LogP contribution in [0.2, 0.25) is 0 Å². The van der Waals surface area contributed by atoms with Crippen LogP contribution in [0.1, 0.15) is 28.0 Å². The molecule has 5 heteroatoms.